The third-order valence-corrected chi connectivity index (χ3v) is 2.07. The van der Waals surface area contributed by atoms with E-state index in [9.17, 15) is 5.11 Å². The van der Waals surface area contributed by atoms with Crippen LogP contribution in [0.25, 0.3) is 0 Å². The van der Waals surface area contributed by atoms with Crippen LogP contribution in [0.15, 0.2) is 0 Å². The molecular formula is C11H26OS. The fourth-order valence-electron chi connectivity index (χ4n) is 1.30. The van der Waals surface area contributed by atoms with E-state index >= 15 is 0 Å². The average Bonchev–Trinajstić information content (AvgIpc) is 2.15. The van der Waals surface area contributed by atoms with Crippen LogP contribution in [0.1, 0.15) is 53.4 Å². The van der Waals surface area contributed by atoms with Crippen molar-refractivity contribution in [3.05, 3.63) is 0 Å². The maximum absolute atomic E-state index is 9.18. The third kappa shape index (κ3) is 10.2. The molecule has 0 aliphatic heterocycles. The summed E-state index contributed by atoms with van der Waals surface area (Å²) in [6.07, 6.45) is 4.80. The summed E-state index contributed by atoms with van der Waals surface area (Å²) in [6.45, 7) is 8.12. The second-order valence-corrected chi connectivity index (χ2v) is 3.78. The lowest BCUT2D eigenvalue weighted by atomic mass is 9.88. The Labute approximate surface area is 89.3 Å². The molecule has 2 atom stereocenters. The molecule has 1 N–H and O–H groups in total. The van der Waals surface area contributed by atoms with Crippen molar-refractivity contribution in [1.29, 1.82) is 0 Å². The van der Waals surface area contributed by atoms with Crippen LogP contribution >= 0.6 is 12.6 Å². The van der Waals surface area contributed by atoms with Crippen LogP contribution in [0.2, 0.25) is 0 Å². The topological polar surface area (TPSA) is 20.2 Å². The van der Waals surface area contributed by atoms with Gasteiger partial charge in [0.25, 0.3) is 0 Å². The van der Waals surface area contributed by atoms with E-state index in [1.54, 1.807) is 0 Å². The average molecular weight is 206 g/mol. The number of rotatable bonds is 0. The zero-order valence-electron chi connectivity index (χ0n) is 9.58. The van der Waals surface area contributed by atoms with Crippen LogP contribution in [0, 0.1) is 5.92 Å². The molecule has 1 saturated carbocycles. The summed E-state index contributed by atoms with van der Waals surface area (Å²) < 4.78 is 0. The standard InChI is InChI=1S/C7H14O.C2H6S.C2H6/c1-6-4-2-3-5-7(6)8;1-2-3;1-2/h6-8H,2-5H2,1H3;3H,2H2,1H3;1-2H3. The Morgan fingerprint density at radius 2 is 1.62 bits per heavy atom. The summed E-state index contributed by atoms with van der Waals surface area (Å²) >= 11 is 3.79. The largest absolute Gasteiger partial charge is 0.393 e. The molecule has 2 unspecified atom stereocenters. The van der Waals surface area contributed by atoms with Gasteiger partial charge in [0.2, 0.25) is 0 Å². The Hall–Kier alpha value is 0.310. The maximum Gasteiger partial charge on any atom is 0.0565 e. The molecule has 2 heteroatoms. The molecule has 0 amide bonds. The van der Waals surface area contributed by atoms with Crippen molar-refractivity contribution < 1.29 is 5.11 Å². The van der Waals surface area contributed by atoms with E-state index < -0.39 is 0 Å². The Kier molecular flexibility index (Phi) is 14.9. The molecule has 13 heavy (non-hydrogen) atoms. The van der Waals surface area contributed by atoms with Crippen molar-refractivity contribution in [3.8, 4) is 0 Å². The summed E-state index contributed by atoms with van der Waals surface area (Å²) in [5.41, 5.74) is 0. The predicted molar refractivity (Wildman–Crippen MR) is 64.5 cm³/mol. The number of hydrogen-bond acceptors (Lipinski definition) is 2. The van der Waals surface area contributed by atoms with Gasteiger partial charge in [-0.05, 0) is 24.5 Å². The zero-order valence-corrected chi connectivity index (χ0v) is 10.5. The third-order valence-electron chi connectivity index (χ3n) is 2.07. The first-order valence-corrected chi connectivity index (χ1v) is 6.14. The molecule has 0 heterocycles. The van der Waals surface area contributed by atoms with Gasteiger partial charge < -0.3 is 5.11 Å². The van der Waals surface area contributed by atoms with Gasteiger partial charge in [-0.3, -0.25) is 0 Å². The first-order chi connectivity index (χ1) is 6.22. The molecule has 1 aliphatic rings. The van der Waals surface area contributed by atoms with Gasteiger partial charge in [-0.2, -0.15) is 12.6 Å². The molecule has 1 nitrogen and oxygen atoms in total. The molecule has 0 spiro atoms. The second-order valence-electron chi connectivity index (χ2n) is 3.15. The van der Waals surface area contributed by atoms with Crippen LogP contribution in [-0.2, 0) is 0 Å². The van der Waals surface area contributed by atoms with Crippen molar-refractivity contribution in [1.82, 2.24) is 0 Å². The fourth-order valence-corrected chi connectivity index (χ4v) is 1.30. The maximum atomic E-state index is 9.18. The summed E-state index contributed by atoms with van der Waals surface area (Å²) in [5, 5.41) is 9.18. The van der Waals surface area contributed by atoms with Crippen molar-refractivity contribution in [2.24, 2.45) is 5.92 Å². The molecule has 82 valence electrons. The van der Waals surface area contributed by atoms with Gasteiger partial charge in [0.15, 0.2) is 0 Å². The second kappa shape index (κ2) is 12.3. The predicted octanol–water partition coefficient (Wildman–Crippen LogP) is 3.52. The van der Waals surface area contributed by atoms with Crippen molar-refractivity contribution in [3.63, 3.8) is 0 Å². The van der Waals surface area contributed by atoms with E-state index in [4.69, 9.17) is 0 Å². The van der Waals surface area contributed by atoms with Crippen LogP contribution in [0.3, 0.4) is 0 Å². The summed E-state index contributed by atoms with van der Waals surface area (Å²) in [5.74, 6) is 1.50. The minimum Gasteiger partial charge on any atom is -0.393 e. The Balaban J connectivity index is 0. The smallest absolute Gasteiger partial charge is 0.0565 e. The fraction of sp³-hybridized carbons (Fsp3) is 1.00. The first-order valence-electron chi connectivity index (χ1n) is 5.51. The van der Waals surface area contributed by atoms with Crippen LogP contribution < -0.4 is 0 Å². The van der Waals surface area contributed by atoms with Crippen LogP contribution in [0.5, 0.6) is 0 Å². The number of aliphatic hydroxyl groups is 1. The lowest BCUT2D eigenvalue weighted by Crippen LogP contribution is -2.21. The summed E-state index contributed by atoms with van der Waals surface area (Å²) in [7, 11) is 0. The lowest BCUT2D eigenvalue weighted by Gasteiger charge is -2.23. The molecule has 1 aliphatic carbocycles. The normalized spacial score (nSPS) is 26.3. The molecule has 0 aromatic carbocycles. The van der Waals surface area contributed by atoms with E-state index in [0.717, 1.165) is 12.2 Å². The van der Waals surface area contributed by atoms with Gasteiger partial charge in [-0.1, -0.05) is 40.5 Å². The van der Waals surface area contributed by atoms with Crippen LogP contribution in [0.4, 0.5) is 0 Å². The highest BCUT2D eigenvalue weighted by Gasteiger charge is 2.17. The van der Waals surface area contributed by atoms with Gasteiger partial charge >= 0.3 is 0 Å². The minimum atomic E-state index is 0.00347. The van der Waals surface area contributed by atoms with Gasteiger partial charge in [-0.25, -0.2) is 0 Å². The minimum absolute atomic E-state index is 0.00347. The van der Waals surface area contributed by atoms with E-state index in [1.807, 2.05) is 20.8 Å². The van der Waals surface area contributed by atoms with Crippen molar-refractivity contribution >= 4 is 12.6 Å². The first kappa shape index (κ1) is 15.8. The summed E-state index contributed by atoms with van der Waals surface area (Å²) in [4.78, 5) is 0. The monoisotopic (exact) mass is 206 g/mol. The lowest BCUT2D eigenvalue weighted by molar-refractivity contribution is 0.0793. The molecule has 0 aromatic heterocycles. The van der Waals surface area contributed by atoms with Crippen molar-refractivity contribution in [2.75, 3.05) is 5.75 Å². The zero-order chi connectivity index (χ0) is 10.7. The molecule has 1 fully saturated rings. The van der Waals surface area contributed by atoms with E-state index in [2.05, 4.69) is 19.6 Å². The highest BCUT2D eigenvalue weighted by Crippen LogP contribution is 2.22. The number of thiol groups is 1. The molecule has 1 rings (SSSR count). The van der Waals surface area contributed by atoms with E-state index in [0.29, 0.717) is 5.92 Å². The van der Waals surface area contributed by atoms with Gasteiger partial charge in [-0.15, -0.1) is 0 Å². The Bertz CT molecular complexity index is 76.2. The highest BCUT2D eigenvalue weighted by molar-refractivity contribution is 7.80. The SMILES string of the molecule is CC.CC1CCCCC1O.CCS. The number of hydrogen-bond donors (Lipinski definition) is 2. The highest BCUT2D eigenvalue weighted by atomic mass is 32.1. The van der Waals surface area contributed by atoms with Crippen molar-refractivity contribution in [2.45, 2.75) is 59.5 Å². The molecular weight excluding hydrogens is 180 g/mol. The Morgan fingerprint density at radius 1 is 1.23 bits per heavy atom. The Morgan fingerprint density at radius 3 is 1.85 bits per heavy atom. The van der Waals surface area contributed by atoms with Gasteiger partial charge in [0, 0.05) is 0 Å². The molecule has 0 saturated heterocycles. The molecule has 0 aromatic rings. The van der Waals surface area contributed by atoms with Gasteiger partial charge in [0.05, 0.1) is 6.10 Å². The molecule has 0 bridgehead atoms. The quantitative estimate of drug-likeness (QED) is 0.581. The summed E-state index contributed by atoms with van der Waals surface area (Å²) in [6, 6.07) is 0. The molecule has 0 radical (unpaired) electrons. The number of aliphatic hydroxyl groups excluding tert-OH is 1. The van der Waals surface area contributed by atoms with Gasteiger partial charge in [0.1, 0.15) is 0 Å². The van der Waals surface area contributed by atoms with E-state index in [1.165, 1.54) is 19.3 Å². The van der Waals surface area contributed by atoms with Crippen LogP contribution in [-0.4, -0.2) is 17.0 Å². The van der Waals surface area contributed by atoms with E-state index in [-0.39, 0.29) is 6.10 Å².